The first-order chi connectivity index (χ1) is 34.2. The van der Waals surface area contributed by atoms with E-state index in [1.807, 2.05) is 82.6 Å². The van der Waals surface area contributed by atoms with Gasteiger partial charge >= 0.3 is 0 Å². The molecule has 0 radical (unpaired) electrons. The lowest BCUT2D eigenvalue weighted by atomic mass is 9.93. The normalized spacial score (nSPS) is 15.7. The summed E-state index contributed by atoms with van der Waals surface area (Å²) in [6, 6.07) is 41.0. The highest BCUT2D eigenvalue weighted by molar-refractivity contribution is 6.09. The van der Waals surface area contributed by atoms with E-state index in [1.54, 1.807) is 0 Å². The van der Waals surface area contributed by atoms with Gasteiger partial charge in [0.1, 0.15) is 0 Å². The van der Waals surface area contributed by atoms with Gasteiger partial charge in [-0.15, -0.1) is 0 Å². The van der Waals surface area contributed by atoms with Crippen LogP contribution in [0.25, 0.3) is 12.2 Å². The number of nitrogens with zero attached hydrogens (tertiary/aromatic N) is 4. The summed E-state index contributed by atoms with van der Waals surface area (Å²) in [5.74, 6) is 0.279. The van der Waals surface area contributed by atoms with Gasteiger partial charge in [0.25, 0.3) is 0 Å². The number of hydrogen-bond donors (Lipinski definition) is 2. The summed E-state index contributed by atoms with van der Waals surface area (Å²) in [5, 5.41) is 0. The standard InChI is InChI=1S/C63H70N6O2/c1-40-54(31-33-62(70)68(38-50-23-15-11-16-24-50)48(9)52-27-19-13-20-28-52)44(5)64-58(40)36-60-42(3)56(46(7)66-60)35-57-43(4)61(67-47(57)8)37-59-41(2)55(45(6)65-59)32-34-63(71)69(39-51-25-17-12-18-26-51)49(10)53-29-21-14-22-30-53/h11-30,36-37,48-49,64-65H,31-35,38-39H2,1-10H3/b60-36-,61-37?/t48-,49-/m1/s1. The summed E-state index contributed by atoms with van der Waals surface area (Å²) < 4.78 is 0. The van der Waals surface area contributed by atoms with E-state index in [1.165, 1.54) is 33.4 Å². The van der Waals surface area contributed by atoms with E-state index in [4.69, 9.17) is 9.98 Å². The molecule has 6 aromatic rings. The molecule has 2 N–H and O–H groups in total. The maximum Gasteiger partial charge on any atom is 0.223 e. The molecule has 2 aliphatic rings. The minimum atomic E-state index is -0.0558. The maximum absolute atomic E-state index is 14.1. The monoisotopic (exact) mass is 943 g/mol. The molecule has 8 rings (SSSR count). The van der Waals surface area contributed by atoms with Crippen molar-refractivity contribution in [3.63, 3.8) is 0 Å². The number of hydrogen-bond acceptors (Lipinski definition) is 4. The number of carbonyl (C=O) groups is 2. The summed E-state index contributed by atoms with van der Waals surface area (Å²) in [6.07, 6.45) is 7.22. The van der Waals surface area contributed by atoms with Crippen LogP contribution in [0.2, 0.25) is 0 Å². The summed E-state index contributed by atoms with van der Waals surface area (Å²) in [6.45, 7) is 22.5. The second-order valence-corrected chi connectivity index (χ2v) is 19.6. The zero-order valence-electron chi connectivity index (χ0n) is 43.4. The molecule has 0 saturated carbocycles. The van der Waals surface area contributed by atoms with Crippen molar-refractivity contribution in [3.05, 3.63) is 222 Å². The van der Waals surface area contributed by atoms with E-state index >= 15 is 0 Å². The molecule has 0 saturated heterocycles. The Morgan fingerprint density at radius 3 is 1.20 bits per heavy atom. The molecule has 2 aromatic heterocycles. The lowest BCUT2D eigenvalue weighted by molar-refractivity contribution is -0.134. The van der Waals surface area contributed by atoms with E-state index in [0.717, 1.165) is 85.4 Å². The van der Waals surface area contributed by atoms with Gasteiger partial charge in [-0.25, -0.2) is 0 Å². The molecular weight excluding hydrogens is 873 g/mol. The summed E-state index contributed by atoms with van der Waals surface area (Å²) >= 11 is 0. The molecule has 8 nitrogen and oxygen atoms in total. The summed E-state index contributed by atoms with van der Waals surface area (Å²) in [5.41, 5.74) is 22.1. The molecule has 0 unspecified atom stereocenters. The molecule has 8 heteroatoms. The van der Waals surface area contributed by atoms with Gasteiger partial charge < -0.3 is 19.8 Å². The fourth-order valence-corrected chi connectivity index (χ4v) is 10.5. The molecule has 2 amide bonds. The Morgan fingerprint density at radius 2 is 0.845 bits per heavy atom. The number of aryl methyl sites for hydroxylation is 2. The third kappa shape index (κ3) is 11.3. The predicted molar refractivity (Wildman–Crippen MR) is 293 cm³/mol. The Labute approximate surface area is 421 Å². The number of rotatable bonds is 18. The van der Waals surface area contributed by atoms with Crippen molar-refractivity contribution in [2.45, 2.75) is 127 Å². The van der Waals surface area contributed by atoms with Crippen LogP contribution in [0.4, 0.5) is 0 Å². The first kappa shape index (κ1) is 50.1. The van der Waals surface area contributed by atoms with E-state index < -0.39 is 0 Å². The van der Waals surface area contributed by atoms with Crippen LogP contribution in [0.1, 0.15) is 140 Å². The number of aromatic nitrogens is 2. The quantitative estimate of drug-likeness (QED) is 0.0897. The highest BCUT2D eigenvalue weighted by Crippen LogP contribution is 2.37. The number of aromatic amines is 2. The third-order valence-electron chi connectivity index (χ3n) is 15.0. The van der Waals surface area contributed by atoms with Gasteiger partial charge in [0.15, 0.2) is 0 Å². The number of allylic oxidation sites excluding steroid dienone is 4. The highest BCUT2D eigenvalue weighted by atomic mass is 16.2. The Bertz CT molecular complexity index is 2880. The van der Waals surface area contributed by atoms with Crippen molar-refractivity contribution in [2.75, 3.05) is 0 Å². The van der Waals surface area contributed by atoms with Crippen molar-refractivity contribution in [1.29, 1.82) is 0 Å². The Morgan fingerprint density at radius 1 is 0.507 bits per heavy atom. The maximum atomic E-state index is 14.1. The number of amides is 2. The zero-order valence-corrected chi connectivity index (χ0v) is 43.4. The van der Waals surface area contributed by atoms with Crippen LogP contribution in [0.5, 0.6) is 0 Å². The van der Waals surface area contributed by atoms with Crippen LogP contribution in [-0.4, -0.2) is 43.0 Å². The SMILES string of the molecule is CC1=NC(=Cc2[nH]c(C)c(CCC(=O)N(Cc3ccccc3)[C@H](C)c3ccccc3)c2C)C(C)=C1CC1=C(C)/C(=C/c2[nH]c(C)c(CCC(=O)N(Cc3ccccc3)[C@H](C)c3ccccc3)c2C)N=C1C. The molecule has 2 atom stereocenters. The highest BCUT2D eigenvalue weighted by Gasteiger charge is 2.27. The fraction of sp³-hybridized carbons (Fsp3) is 0.302. The van der Waals surface area contributed by atoms with Crippen LogP contribution in [0, 0.1) is 27.7 Å². The first-order valence-corrected chi connectivity index (χ1v) is 25.3. The van der Waals surface area contributed by atoms with E-state index in [0.29, 0.717) is 38.8 Å². The van der Waals surface area contributed by atoms with Crippen LogP contribution in [0.3, 0.4) is 0 Å². The fourth-order valence-electron chi connectivity index (χ4n) is 10.5. The lowest BCUT2D eigenvalue weighted by Crippen LogP contribution is -2.33. The minimum Gasteiger partial charge on any atom is -0.359 e. The zero-order chi connectivity index (χ0) is 50.3. The predicted octanol–water partition coefficient (Wildman–Crippen LogP) is 14.4. The summed E-state index contributed by atoms with van der Waals surface area (Å²) in [4.78, 5) is 49.8. The molecule has 4 aromatic carbocycles. The molecule has 0 bridgehead atoms. The van der Waals surface area contributed by atoms with E-state index in [-0.39, 0.29) is 23.9 Å². The van der Waals surface area contributed by atoms with Crippen molar-refractivity contribution in [3.8, 4) is 0 Å². The molecule has 364 valence electrons. The molecule has 0 fully saturated rings. The number of aliphatic imine (C=N–C) groups is 2. The van der Waals surface area contributed by atoms with Crippen LogP contribution >= 0.6 is 0 Å². The largest absolute Gasteiger partial charge is 0.359 e. The number of nitrogens with one attached hydrogen (secondary N) is 2. The van der Waals surface area contributed by atoms with Gasteiger partial charge in [-0.3, -0.25) is 19.6 Å². The third-order valence-corrected chi connectivity index (χ3v) is 15.0. The van der Waals surface area contributed by atoms with Crippen molar-refractivity contribution in [1.82, 2.24) is 19.8 Å². The number of H-pyrrole nitrogens is 2. The average Bonchev–Trinajstić information content (AvgIpc) is 4.01. The molecule has 4 heterocycles. The smallest absolute Gasteiger partial charge is 0.223 e. The number of carbonyl (C=O) groups excluding carboxylic acids is 2. The Balaban J connectivity index is 0.951. The average molecular weight is 943 g/mol. The molecule has 0 spiro atoms. The van der Waals surface area contributed by atoms with Crippen molar-refractivity contribution < 1.29 is 9.59 Å². The molecule has 0 aliphatic carbocycles. The van der Waals surface area contributed by atoms with Gasteiger partial charge in [-0.05, 0) is 161 Å². The first-order valence-electron chi connectivity index (χ1n) is 25.3. The minimum absolute atomic E-state index is 0.0558. The van der Waals surface area contributed by atoms with Gasteiger partial charge in [0.05, 0.1) is 23.5 Å². The number of benzene rings is 4. The topological polar surface area (TPSA) is 96.9 Å². The van der Waals surface area contributed by atoms with E-state index in [2.05, 4.69) is 140 Å². The van der Waals surface area contributed by atoms with Gasteiger partial charge in [0, 0.05) is 66.6 Å². The molecule has 2 aliphatic heterocycles. The van der Waals surface area contributed by atoms with Crippen LogP contribution in [0.15, 0.2) is 165 Å². The summed E-state index contributed by atoms with van der Waals surface area (Å²) in [7, 11) is 0. The van der Waals surface area contributed by atoms with Gasteiger partial charge in [-0.1, -0.05) is 121 Å². The lowest BCUT2D eigenvalue weighted by Gasteiger charge is -2.30. The second kappa shape index (κ2) is 22.2. The van der Waals surface area contributed by atoms with Gasteiger partial charge in [-0.2, -0.15) is 0 Å². The molecule has 71 heavy (non-hydrogen) atoms. The molecular formula is C63H70N6O2. The van der Waals surface area contributed by atoms with Crippen LogP contribution < -0.4 is 0 Å². The van der Waals surface area contributed by atoms with Crippen molar-refractivity contribution in [2.24, 2.45) is 9.98 Å². The second-order valence-electron chi connectivity index (χ2n) is 19.6. The Hall–Kier alpha value is -7.32. The Kier molecular flexibility index (Phi) is 15.6. The van der Waals surface area contributed by atoms with E-state index in [9.17, 15) is 9.59 Å². The van der Waals surface area contributed by atoms with Crippen molar-refractivity contribution >= 4 is 35.4 Å². The van der Waals surface area contributed by atoms with Gasteiger partial charge in [0.2, 0.25) is 11.8 Å². The van der Waals surface area contributed by atoms with Crippen LogP contribution in [-0.2, 0) is 35.5 Å².